The SMILES string of the molecule is Cc1ccccc1CS(=O)(=O)c1ncc(Cl)c(C(=O)Nc2ccc(S(=O)(=O)Nc3ncccn3)cc2)n1. The van der Waals surface area contributed by atoms with Crippen LogP contribution >= 0.6 is 11.6 Å². The highest BCUT2D eigenvalue weighted by atomic mass is 35.5. The lowest BCUT2D eigenvalue weighted by molar-refractivity contribution is 0.102. The third kappa shape index (κ3) is 6.25. The molecule has 190 valence electrons. The molecule has 0 fully saturated rings. The van der Waals surface area contributed by atoms with Crippen LogP contribution in [0.3, 0.4) is 0 Å². The van der Waals surface area contributed by atoms with Crippen LogP contribution in [0.15, 0.2) is 83.2 Å². The Bertz CT molecular complexity index is 1670. The van der Waals surface area contributed by atoms with Crippen molar-refractivity contribution in [2.75, 3.05) is 10.0 Å². The van der Waals surface area contributed by atoms with E-state index in [1.165, 1.54) is 36.7 Å². The Morgan fingerprint density at radius 2 is 1.59 bits per heavy atom. The molecular weight excluding hydrogens is 540 g/mol. The van der Waals surface area contributed by atoms with Crippen molar-refractivity contribution in [3.63, 3.8) is 0 Å². The quantitative estimate of drug-likeness (QED) is 0.309. The van der Waals surface area contributed by atoms with E-state index in [4.69, 9.17) is 11.6 Å². The molecule has 14 heteroatoms. The van der Waals surface area contributed by atoms with E-state index in [0.717, 1.165) is 11.8 Å². The van der Waals surface area contributed by atoms with E-state index < -0.39 is 30.9 Å². The maximum atomic E-state index is 12.9. The first kappa shape index (κ1) is 26.1. The summed E-state index contributed by atoms with van der Waals surface area (Å²) < 4.78 is 53.0. The van der Waals surface area contributed by atoms with Crippen molar-refractivity contribution < 1.29 is 21.6 Å². The Kier molecular flexibility index (Phi) is 7.47. The summed E-state index contributed by atoms with van der Waals surface area (Å²) in [7, 11) is -7.94. The number of nitrogens with one attached hydrogen (secondary N) is 2. The summed E-state index contributed by atoms with van der Waals surface area (Å²) in [5.74, 6) is -1.24. The van der Waals surface area contributed by atoms with Gasteiger partial charge >= 0.3 is 0 Å². The van der Waals surface area contributed by atoms with E-state index in [0.29, 0.717) is 5.56 Å². The van der Waals surface area contributed by atoms with Crippen molar-refractivity contribution in [1.29, 1.82) is 0 Å². The van der Waals surface area contributed by atoms with Gasteiger partial charge in [0, 0.05) is 18.1 Å². The van der Waals surface area contributed by atoms with Gasteiger partial charge in [0.1, 0.15) is 0 Å². The van der Waals surface area contributed by atoms with Gasteiger partial charge in [0.25, 0.3) is 15.9 Å². The predicted octanol–water partition coefficient (Wildman–Crippen LogP) is 3.26. The second-order valence-electron chi connectivity index (χ2n) is 7.69. The van der Waals surface area contributed by atoms with E-state index in [1.54, 1.807) is 37.3 Å². The lowest BCUT2D eigenvalue weighted by Gasteiger charge is -2.10. The molecule has 0 aliphatic carbocycles. The summed E-state index contributed by atoms with van der Waals surface area (Å²) in [4.78, 5) is 28.1. The van der Waals surface area contributed by atoms with Crippen molar-refractivity contribution in [1.82, 2.24) is 19.9 Å². The largest absolute Gasteiger partial charge is 0.321 e. The minimum atomic E-state index is -3.97. The molecule has 0 radical (unpaired) electrons. The smallest absolute Gasteiger partial charge is 0.275 e. The van der Waals surface area contributed by atoms with Gasteiger partial charge in [0.05, 0.1) is 21.9 Å². The summed E-state index contributed by atoms with van der Waals surface area (Å²) >= 11 is 6.07. The second-order valence-corrected chi connectivity index (χ2v) is 11.7. The van der Waals surface area contributed by atoms with E-state index >= 15 is 0 Å². The summed E-state index contributed by atoms with van der Waals surface area (Å²) in [6.45, 7) is 1.79. The normalized spacial score (nSPS) is 11.6. The molecule has 0 unspecified atom stereocenters. The molecule has 0 spiro atoms. The number of nitrogens with zero attached hydrogens (tertiary/aromatic N) is 4. The molecule has 2 heterocycles. The molecule has 0 atom stereocenters. The zero-order valence-electron chi connectivity index (χ0n) is 19.2. The van der Waals surface area contributed by atoms with E-state index in [-0.39, 0.29) is 33.0 Å². The molecule has 37 heavy (non-hydrogen) atoms. The van der Waals surface area contributed by atoms with Crippen LogP contribution in [0.5, 0.6) is 0 Å². The van der Waals surface area contributed by atoms with Gasteiger partial charge in [-0.25, -0.2) is 41.5 Å². The molecule has 0 saturated carbocycles. The van der Waals surface area contributed by atoms with Crippen LogP contribution in [-0.2, 0) is 25.6 Å². The van der Waals surface area contributed by atoms with Crippen LogP contribution in [0.1, 0.15) is 21.6 Å². The zero-order valence-corrected chi connectivity index (χ0v) is 21.5. The first-order valence-corrected chi connectivity index (χ1v) is 14.1. The molecule has 0 aliphatic rings. The number of aromatic nitrogens is 4. The fourth-order valence-electron chi connectivity index (χ4n) is 3.14. The number of benzene rings is 2. The molecule has 2 aromatic carbocycles. The molecule has 2 N–H and O–H groups in total. The first-order valence-electron chi connectivity index (χ1n) is 10.6. The van der Waals surface area contributed by atoms with Crippen LogP contribution in [0.4, 0.5) is 11.6 Å². The van der Waals surface area contributed by atoms with Gasteiger partial charge in [-0.15, -0.1) is 0 Å². The predicted molar refractivity (Wildman–Crippen MR) is 136 cm³/mol. The van der Waals surface area contributed by atoms with Crippen molar-refractivity contribution in [3.05, 3.63) is 95.0 Å². The maximum absolute atomic E-state index is 12.9. The van der Waals surface area contributed by atoms with Crippen LogP contribution in [0.2, 0.25) is 5.02 Å². The Hall–Kier alpha value is -3.94. The van der Waals surface area contributed by atoms with Crippen molar-refractivity contribution in [2.45, 2.75) is 22.7 Å². The number of rotatable bonds is 8. The van der Waals surface area contributed by atoms with Crippen LogP contribution in [0.25, 0.3) is 0 Å². The lowest BCUT2D eigenvalue weighted by Crippen LogP contribution is -2.18. The molecule has 0 bridgehead atoms. The van der Waals surface area contributed by atoms with Gasteiger partial charge in [0.2, 0.25) is 20.9 Å². The number of carbonyl (C=O) groups is 1. The maximum Gasteiger partial charge on any atom is 0.275 e. The highest BCUT2D eigenvalue weighted by molar-refractivity contribution is 7.92. The molecule has 0 saturated heterocycles. The van der Waals surface area contributed by atoms with Crippen LogP contribution in [0, 0.1) is 6.92 Å². The highest BCUT2D eigenvalue weighted by Gasteiger charge is 2.24. The number of anilines is 2. The average Bonchev–Trinajstić information content (AvgIpc) is 2.86. The van der Waals surface area contributed by atoms with Crippen molar-refractivity contribution >= 4 is 49.0 Å². The minimum Gasteiger partial charge on any atom is -0.321 e. The van der Waals surface area contributed by atoms with Gasteiger partial charge in [-0.2, -0.15) is 0 Å². The van der Waals surface area contributed by atoms with Gasteiger partial charge in [-0.1, -0.05) is 35.9 Å². The summed E-state index contributed by atoms with van der Waals surface area (Å²) in [6, 6.07) is 13.8. The van der Waals surface area contributed by atoms with Gasteiger partial charge in [-0.05, 0) is 48.4 Å². The molecule has 11 nitrogen and oxygen atoms in total. The third-order valence-electron chi connectivity index (χ3n) is 5.04. The molecule has 4 aromatic rings. The first-order chi connectivity index (χ1) is 17.5. The van der Waals surface area contributed by atoms with E-state index in [9.17, 15) is 21.6 Å². The van der Waals surface area contributed by atoms with Gasteiger partial charge in [-0.3, -0.25) is 4.79 Å². The minimum absolute atomic E-state index is 0.0912. The summed E-state index contributed by atoms with van der Waals surface area (Å²) in [5.41, 5.74) is 1.24. The Labute approximate surface area is 218 Å². The molecular formula is C23H19ClN6O5S2. The number of halogens is 1. The van der Waals surface area contributed by atoms with Gasteiger partial charge < -0.3 is 5.32 Å². The number of sulfone groups is 1. The van der Waals surface area contributed by atoms with Crippen molar-refractivity contribution in [2.24, 2.45) is 0 Å². The number of aryl methyl sites for hydroxylation is 1. The molecule has 4 rings (SSSR count). The number of hydrogen-bond donors (Lipinski definition) is 2. The van der Waals surface area contributed by atoms with E-state index in [2.05, 4.69) is 30.0 Å². The Balaban J connectivity index is 1.51. The van der Waals surface area contributed by atoms with E-state index in [1.807, 2.05) is 0 Å². The topological polar surface area (TPSA) is 161 Å². The van der Waals surface area contributed by atoms with Crippen LogP contribution < -0.4 is 10.0 Å². The summed E-state index contributed by atoms with van der Waals surface area (Å²) in [5, 5.41) is 1.82. The zero-order chi connectivity index (χ0) is 26.6. The molecule has 0 aliphatic heterocycles. The fraction of sp³-hybridized carbons (Fsp3) is 0.0870. The average molecular weight is 559 g/mol. The monoisotopic (exact) mass is 558 g/mol. The fourth-order valence-corrected chi connectivity index (χ4v) is 5.58. The number of hydrogen-bond acceptors (Lipinski definition) is 9. The number of sulfonamides is 1. The number of carbonyl (C=O) groups excluding carboxylic acids is 1. The van der Waals surface area contributed by atoms with Gasteiger partial charge in [0.15, 0.2) is 5.69 Å². The standard InChI is InChI=1S/C23H19ClN6O5S2/c1-15-5-2-3-6-16(15)14-36(32,33)23-27-13-19(24)20(29-23)21(31)28-17-7-9-18(10-8-17)37(34,35)30-22-25-11-4-12-26-22/h2-13H,14H2,1H3,(H,28,31)(H,25,26,30). The molecule has 2 aromatic heterocycles. The lowest BCUT2D eigenvalue weighted by atomic mass is 10.1. The third-order valence-corrected chi connectivity index (χ3v) is 8.10. The van der Waals surface area contributed by atoms with Crippen molar-refractivity contribution in [3.8, 4) is 0 Å². The van der Waals surface area contributed by atoms with Crippen LogP contribution in [-0.4, -0.2) is 42.7 Å². The second kappa shape index (κ2) is 10.6. The number of amides is 1. The molecule has 1 amide bonds. The Morgan fingerprint density at radius 1 is 0.919 bits per heavy atom. The Morgan fingerprint density at radius 3 is 2.27 bits per heavy atom. The highest BCUT2D eigenvalue weighted by Crippen LogP contribution is 2.21. The summed E-state index contributed by atoms with van der Waals surface area (Å²) in [6.07, 6.45) is 3.82.